The van der Waals surface area contributed by atoms with Crippen LogP contribution >= 0.6 is 11.6 Å². The van der Waals surface area contributed by atoms with Crippen LogP contribution in [0.3, 0.4) is 0 Å². The zero-order valence-corrected chi connectivity index (χ0v) is 15.1. The fraction of sp³-hybridized carbons (Fsp3) is 0.438. The van der Waals surface area contributed by atoms with E-state index < -0.39 is 17.5 Å². The van der Waals surface area contributed by atoms with Gasteiger partial charge in [0.05, 0.1) is 19.1 Å². The summed E-state index contributed by atoms with van der Waals surface area (Å²) < 4.78 is 41.7. The molecule has 1 aromatic carbocycles. The normalized spacial score (nSPS) is 12.3. The fourth-order valence-corrected chi connectivity index (χ4v) is 2.11. The molecule has 2 aromatic rings. The van der Waals surface area contributed by atoms with Crippen molar-refractivity contribution in [3.8, 4) is 11.4 Å². The quantitative estimate of drug-likeness (QED) is 0.551. The molecular weight excluding hydrogens is 375 g/mol. The van der Waals surface area contributed by atoms with E-state index in [-0.39, 0.29) is 24.2 Å². The number of carbonyl (C=O) groups is 1. The van der Waals surface area contributed by atoms with E-state index in [9.17, 15) is 18.0 Å². The van der Waals surface area contributed by atoms with Gasteiger partial charge in [-0.25, -0.2) is 5.06 Å². The molecule has 0 spiro atoms. The number of hydrogen-bond donors (Lipinski definition) is 0. The van der Waals surface area contributed by atoms with Gasteiger partial charge < -0.3 is 4.52 Å². The molecule has 0 aliphatic carbocycles. The summed E-state index contributed by atoms with van der Waals surface area (Å²) in [5.41, 5.74) is 0.258. The van der Waals surface area contributed by atoms with Gasteiger partial charge in [-0.1, -0.05) is 29.4 Å². The summed E-state index contributed by atoms with van der Waals surface area (Å²) in [5, 5.41) is 4.50. The van der Waals surface area contributed by atoms with Crippen LogP contribution in [-0.4, -0.2) is 34.1 Å². The summed E-state index contributed by atoms with van der Waals surface area (Å²) in [6, 6.07) is 6.33. The number of alkyl halides is 4. The molecule has 0 bridgehead atoms. The summed E-state index contributed by atoms with van der Waals surface area (Å²) in [7, 11) is 1.37. The molecule has 142 valence electrons. The maximum atomic E-state index is 12.5. The first kappa shape index (κ1) is 20.2. The SMILES string of the molecule is CON(Cc1ccc(-c2noc(C(F)(F)F)n2)cc1)C(=O)C(C)(C)CCl. The second kappa shape index (κ2) is 7.63. The second-order valence-corrected chi connectivity index (χ2v) is 6.43. The number of hydroxylamine groups is 2. The maximum Gasteiger partial charge on any atom is 0.471 e. The van der Waals surface area contributed by atoms with Crippen molar-refractivity contribution in [1.82, 2.24) is 15.2 Å². The van der Waals surface area contributed by atoms with Crippen LogP contribution in [0.15, 0.2) is 28.8 Å². The van der Waals surface area contributed by atoms with Crippen molar-refractivity contribution in [1.29, 1.82) is 0 Å². The van der Waals surface area contributed by atoms with Gasteiger partial charge >= 0.3 is 12.1 Å². The number of hydrogen-bond acceptors (Lipinski definition) is 5. The Labute approximate surface area is 152 Å². The molecule has 0 saturated heterocycles. The minimum Gasteiger partial charge on any atom is -0.329 e. The predicted molar refractivity (Wildman–Crippen MR) is 86.8 cm³/mol. The lowest BCUT2D eigenvalue weighted by atomic mass is 9.95. The van der Waals surface area contributed by atoms with Crippen molar-refractivity contribution in [2.45, 2.75) is 26.6 Å². The lowest BCUT2D eigenvalue weighted by Gasteiger charge is -2.28. The largest absolute Gasteiger partial charge is 0.471 e. The lowest BCUT2D eigenvalue weighted by Crippen LogP contribution is -2.40. The van der Waals surface area contributed by atoms with Crippen molar-refractivity contribution in [3.63, 3.8) is 0 Å². The van der Waals surface area contributed by atoms with Crippen molar-refractivity contribution in [3.05, 3.63) is 35.7 Å². The first-order valence-corrected chi connectivity index (χ1v) is 8.04. The standard InChI is InChI=1S/C16H17ClF3N3O3/c1-15(2,9-17)14(24)23(25-3)8-10-4-6-11(7-5-10)12-21-13(26-22-12)16(18,19)20/h4-7H,8-9H2,1-3H3. The Morgan fingerprint density at radius 1 is 1.27 bits per heavy atom. The van der Waals surface area contributed by atoms with Gasteiger partial charge in [0, 0.05) is 11.4 Å². The highest BCUT2D eigenvalue weighted by atomic mass is 35.5. The van der Waals surface area contributed by atoms with E-state index in [4.69, 9.17) is 16.4 Å². The predicted octanol–water partition coefficient (Wildman–Crippen LogP) is 3.91. The number of benzene rings is 1. The molecular formula is C16H17ClF3N3O3. The van der Waals surface area contributed by atoms with Gasteiger partial charge in [0.25, 0.3) is 5.91 Å². The van der Waals surface area contributed by atoms with Crippen LogP contribution in [0.25, 0.3) is 11.4 Å². The van der Waals surface area contributed by atoms with Crippen LogP contribution in [-0.2, 0) is 22.4 Å². The van der Waals surface area contributed by atoms with E-state index in [0.29, 0.717) is 11.1 Å². The molecule has 0 aliphatic rings. The second-order valence-electron chi connectivity index (χ2n) is 6.16. The fourth-order valence-electron chi connectivity index (χ4n) is 1.99. The third-order valence-corrected chi connectivity index (χ3v) is 4.23. The van der Waals surface area contributed by atoms with Crippen LogP contribution in [0.1, 0.15) is 25.3 Å². The molecule has 1 aromatic heterocycles. The summed E-state index contributed by atoms with van der Waals surface area (Å²) >= 11 is 5.81. The Hall–Kier alpha value is -2.13. The van der Waals surface area contributed by atoms with Gasteiger partial charge in [0.1, 0.15) is 0 Å². The van der Waals surface area contributed by atoms with E-state index >= 15 is 0 Å². The third-order valence-electron chi connectivity index (χ3n) is 3.57. The number of rotatable bonds is 6. The molecule has 0 N–H and O–H groups in total. The van der Waals surface area contributed by atoms with Gasteiger partial charge in [-0.2, -0.15) is 18.2 Å². The minimum atomic E-state index is -4.69. The summed E-state index contributed by atoms with van der Waals surface area (Å²) in [6.45, 7) is 3.55. The molecule has 0 radical (unpaired) electrons. The van der Waals surface area contributed by atoms with Crippen molar-refractivity contribution >= 4 is 17.5 Å². The highest BCUT2D eigenvalue weighted by Gasteiger charge is 2.38. The smallest absolute Gasteiger partial charge is 0.329 e. The van der Waals surface area contributed by atoms with Gasteiger partial charge in [-0.3, -0.25) is 9.63 Å². The van der Waals surface area contributed by atoms with E-state index in [1.165, 1.54) is 24.3 Å². The Balaban J connectivity index is 2.14. The average molecular weight is 392 g/mol. The number of nitrogens with zero attached hydrogens (tertiary/aromatic N) is 3. The van der Waals surface area contributed by atoms with Gasteiger partial charge in [0.15, 0.2) is 0 Å². The van der Waals surface area contributed by atoms with Crippen LogP contribution in [0.2, 0.25) is 0 Å². The minimum absolute atomic E-state index is 0.129. The number of halogens is 4. The zero-order chi connectivity index (χ0) is 19.5. The number of carbonyl (C=O) groups excluding carboxylic acids is 1. The molecule has 1 amide bonds. The molecule has 26 heavy (non-hydrogen) atoms. The summed E-state index contributed by atoms with van der Waals surface area (Å²) in [6.07, 6.45) is -4.69. The highest BCUT2D eigenvalue weighted by molar-refractivity contribution is 6.19. The van der Waals surface area contributed by atoms with Crippen molar-refractivity contribution in [2.75, 3.05) is 13.0 Å². The summed E-state index contributed by atoms with van der Waals surface area (Å²) in [5.74, 6) is -1.74. The Bertz CT molecular complexity index is 760. The summed E-state index contributed by atoms with van der Waals surface area (Å²) in [4.78, 5) is 20.8. The number of aromatic nitrogens is 2. The Morgan fingerprint density at radius 2 is 1.88 bits per heavy atom. The molecule has 0 unspecified atom stereocenters. The molecule has 10 heteroatoms. The monoisotopic (exact) mass is 391 g/mol. The molecule has 0 saturated carbocycles. The zero-order valence-electron chi connectivity index (χ0n) is 14.3. The van der Waals surface area contributed by atoms with Crippen molar-refractivity contribution < 1.29 is 27.3 Å². The average Bonchev–Trinajstić information content (AvgIpc) is 3.10. The van der Waals surface area contributed by atoms with E-state index in [0.717, 1.165) is 0 Å². The molecule has 2 rings (SSSR count). The lowest BCUT2D eigenvalue weighted by molar-refractivity contribution is -0.188. The third kappa shape index (κ3) is 4.53. The van der Waals surface area contributed by atoms with E-state index in [2.05, 4.69) is 14.7 Å². The molecule has 0 aliphatic heterocycles. The number of amides is 1. The Kier molecular flexibility index (Phi) is 5.92. The molecule has 0 atom stereocenters. The van der Waals surface area contributed by atoms with Crippen LogP contribution in [0.5, 0.6) is 0 Å². The van der Waals surface area contributed by atoms with Crippen LogP contribution in [0.4, 0.5) is 13.2 Å². The van der Waals surface area contributed by atoms with E-state index in [1.54, 1.807) is 26.0 Å². The Morgan fingerprint density at radius 3 is 2.35 bits per heavy atom. The van der Waals surface area contributed by atoms with Crippen molar-refractivity contribution in [2.24, 2.45) is 5.41 Å². The maximum absolute atomic E-state index is 12.5. The van der Waals surface area contributed by atoms with Gasteiger partial charge in [-0.15, -0.1) is 11.6 Å². The first-order valence-electron chi connectivity index (χ1n) is 7.50. The van der Waals surface area contributed by atoms with Crippen LogP contribution < -0.4 is 0 Å². The van der Waals surface area contributed by atoms with Crippen LogP contribution in [0, 0.1) is 5.41 Å². The first-order chi connectivity index (χ1) is 12.1. The highest BCUT2D eigenvalue weighted by Crippen LogP contribution is 2.29. The molecule has 1 heterocycles. The molecule has 0 fully saturated rings. The van der Waals surface area contributed by atoms with Gasteiger partial charge in [0.2, 0.25) is 5.82 Å². The van der Waals surface area contributed by atoms with Gasteiger partial charge in [-0.05, 0) is 19.4 Å². The topological polar surface area (TPSA) is 68.5 Å². The van der Waals surface area contributed by atoms with E-state index in [1.807, 2.05) is 0 Å². The molecule has 6 nitrogen and oxygen atoms in total.